The average molecular weight is 202 g/mol. The molecule has 3 rings (SSSR count). The third kappa shape index (κ3) is 1.39. The van der Waals surface area contributed by atoms with Crippen LogP contribution in [0.3, 0.4) is 0 Å². The molecule has 78 valence electrons. The molecule has 15 heavy (non-hydrogen) atoms. The van der Waals surface area contributed by atoms with Crippen LogP contribution >= 0.6 is 0 Å². The lowest BCUT2D eigenvalue weighted by molar-refractivity contribution is 0.474. The Kier molecular flexibility index (Phi) is 1.91. The van der Waals surface area contributed by atoms with Crippen LogP contribution in [0.1, 0.15) is 37.5 Å². The fourth-order valence-corrected chi connectivity index (χ4v) is 2.33. The molecule has 2 aromatic rings. The molecule has 1 saturated carbocycles. The van der Waals surface area contributed by atoms with E-state index in [0.29, 0.717) is 11.6 Å². The summed E-state index contributed by atoms with van der Waals surface area (Å²) in [5.74, 6) is 1.39. The lowest BCUT2D eigenvalue weighted by Crippen LogP contribution is -1.91. The minimum atomic E-state index is 0.511. The van der Waals surface area contributed by atoms with Crippen LogP contribution in [0.5, 0.6) is 0 Å². The molecular weight excluding hydrogens is 188 g/mol. The van der Waals surface area contributed by atoms with Gasteiger partial charge in [-0.25, -0.2) is 4.98 Å². The van der Waals surface area contributed by atoms with Crippen LogP contribution in [0.4, 0.5) is 5.69 Å². The van der Waals surface area contributed by atoms with Gasteiger partial charge in [0.15, 0.2) is 11.5 Å². The molecule has 1 aromatic heterocycles. The van der Waals surface area contributed by atoms with Crippen LogP contribution in [-0.2, 0) is 0 Å². The fourth-order valence-electron chi connectivity index (χ4n) is 2.33. The van der Waals surface area contributed by atoms with Crippen molar-refractivity contribution in [3.63, 3.8) is 0 Å². The molecule has 0 spiro atoms. The van der Waals surface area contributed by atoms with E-state index in [9.17, 15) is 0 Å². The molecule has 1 aromatic carbocycles. The fraction of sp³-hybridized carbons (Fsp3) is 0.417. The highest BCUT2D eigenvalue weighted by Gasteiger charge is 2.22. The molecule has 0 bridgehead atoms. The van der Waals surface area contributed by atoms with Gasteiger partial charge in [0.05, 0.1) is 5.69 Å². The molecule has 3 nitrogen and oxygen atoms in total. The van der Waals surface area contributed by atoms with Crippen LogP contribution in [0.2, 0.25) is 0 Å². The van der Waals surface area contributed by atoms with Crippen LogP contribution in [-0.4, -0.2) is 4.98 Å². The highest BCUT2D eigenvalue weighted by molar-refractivity contribution is 5.85. The minimum absolute atomic E-state index is 0.511. The van der Waals surface area contributed by atoms with E-state index in [2.05, 4.69) is 4.98 Å². The number of nitrogen functional groups attached to an aromatic ring is 1. The maximum absolute atomic E-state index is 5.85. The van der Waals surface area contributed by atoms with Gasteiger partial charge in [-0.2, -0.15) is 0 Å². The van der Waals surface area contributed by atoms with Gasteiger partial charge in [-0.3, -0.25) is 0 Å². The number of rotatable bonds is 1. The molecule has 0 atom stereocenters. The van der Waals surface area contributed by atoms with Gasteiger partial charge >= 0.3 is 0 Å². The molecule has 1 heterocycles. The summed E-state index contributed by atoms with van der Waals surface area (Å²) in [5.41, 5.74) is 8.19. The Balaban J connectivity index is 2.09. The maximum atomic E-state index is 5.85. The topological polar surface area (TPSA) is 52.0 Å². The average Bonchev–Trinajstić information content (AvgIpc) is 2.86. The summed E-state index contributed by atoms with van der Waals surface area (Å²) in [6.07, 6.45) is 4.98. The van der Waals surface area contributed by atoms with Crippen molar-refractivity contribution in [2.75, 3.05) is 5.73 Å². The number of hydrogen-bond acceptors (Lipinski definition) is 3. The van der Waals surface area contributed by atoms with E-state index in [0.717, 1.165) is 17.0 Å². The molecule has 0 radical (unpaired) electrons. The number of para-hydroxylation sites is 1. The monoisotopic (exact) mass is 202 g/mol. The van der Waals surface area contributed by atoms with Gasteiger partial charge in [0.1, 0.15) is 5.52 Å². The molecule has 0 saturated heterocycles. The van der Waals surface area contributed by atoms with Crippen LogP contribution in [0.25, 0.3) is 11.1 Å². The SMILES string of the molecule is Nc1cccc2oc(C3CCCC3)nc12. The lowest BCUT2D eigenvalue weighted by atomic mass is 10.1. The van der Waals surface area contributed by atoms with Crippen molar-refractivity contribution in [1.29, 1.82) is 0 Å². The lowest BCUT2D eigenvalue weighted by Gasteiger charge is -2.00. The molecular formula is C12H14N2O. The van der Waals surface area contributed by atoms with E-state index in [1.807, 2.05) is 18.2 Å². The number of nitrogens with two attached hydrogens (primary N) is 1. The number of nitrogens with zero attached hydrogens (tertiary/aromatic N) is 1. The number of hydrogen-bond donors (Lipinski definition) is 1. The van der Waals surface area contributed by atoms with Crippen LogP contribution in [0.15, 0.2) is 22.6 Å². The third-order valence-electron chi connectivity index (χ3n) is 3.17. The van der Waals surface area contributed by atoms with E-state index >= 15 is 0 Å². The Labute approximate surface area is 88.3 Å². The van der Waals surface area contributed by atoms with Crippen LogP contribution in [0, 0.1) is 0 Å². The van der Waals surface area contributed by atoms with Crippen molar-refractivity contribution >= 4 is 16.8 Å². The Morgan fingerprint density at radius 2 is 2.07 bits per heavy atom. The Hall–Kier alpha value is -1.51. The quantitative estimate of drug-likeness (QED) is 0.723. The van der Waals surface area contributed by atoms with Gasteiger partial charge < -0.3 is 10.2 Å². The van der Waals surface area contributed by atoms with E-state index in [1.54, 1.807) is 0 Å². The summed E-state index contributed by atoms with van der Waals surface area (Å²) in [4.78, 5) is 4.50. The predicted molar refractivity (Wildman–Crippen MR) is 59.6 cm³/mol. The second kappa shape index (κ2) is 3.26. The van der Waals surface area contributed by atoms with E-state index in [4.69, 9.17) is 10.2 Å². The number of fused-ring (bicyclic) bond motifs is 1. The molecule has 1 fully saturated rings. The van der Waals surface area contributed by atoms with Gasteiger partial charge in [-0.1, -0.05) is 18.9 Å². The van der Waals surface area contributed by atoms with Gasteiger partial charge in [0, 0.05) is 5.92 Å². The van der Waals surface area contributed by atoms with Crippen molar-refractivity contribution in [1.82, 2.24) is 4.98 Å². The second-order valence-corrected chi connectivity index (χ2v) is 4.23. The first-order chi connectivity index (χ1) is 7.34. The summed E-state index contributed by atoms with van der Waals surface area (Å²) >= 11 is 0. The molecule has 0 amide bonds. The largest absolute Gasteiger partial charge is 0.440 e. The summed E-state index contributed by atoms with van der Waals surface area (Å²) in [6.45, 7) is 0. The Morgan fingerprint density at radius 1 is 1.27 bits per heavy atom. The molecule has 0 unspecified atom stereocenters. The van der Waals surface area contributed by atoms with Crippen LogP contribution < -0.4 is 5.73 Å². The first-order valence-electron chi connectivity index (χ1n) is 5.49. The van der Waals surface area contributed by atoms with Gasteiger partial charge in [0.2, 0.25) is 0 Å². The second-order valence-electron chi connectivity index (χ2n) is 4.23. The van der Waals surface area contributed by atoms with E-state index < -0.39 is 0 Å². The standard InChI is InChI=1S/C12H14N2O/c13-9-6-3-7-10-11(9)14-12(15-10)8-4-1-2-5-8/h3,6-8H,1-2,4-5,13H2. The molecule has 2 N–H and O–H groups in total. The number of oxazole rings is 1. The first kappa shape index (κ1) is 8.77. The highest BCUT2D eigenvalue weighted by atomic mass is 16.3. The van der Waals surface area contributed by atoms with E-state index in [-0.39, 0.29) is 0 Å². The third-order valence-corrected chi connectivity index (χ3v) is 3.17. The molecule has 3 heteroatoms. The number of benzene rings is 1. The smallest absolute Gasteiger partial charge is 0.198 e. The number of aromatic nitrogens is 1. The zero-order valence-corrected chi connectivity index (χ0v) is 8.57. The zero-order chi connectivity index (χ0) is 10.3. The first-order valence-corrected chi connectivity index (χ1v) is 5.49. The molecule has 0 aliphatic heterocycles. The summed E-state index contributed by atoms with van der Waals surface area (Å²) in [6, 6.07) is 5.70. The number of anilines is 1. The van der Waals surface area contributed by atoms with Crippen molar-refractivity contribution < 1.29 is 4.42 Å². The summed E-state index contributed by atoms with van der Waals surface area (Å²) in [7, 11) is 0. The summed E-state index contributed by atoms with van der Waals surface area (Å²) in [5, 5.41) is 0. The Bertz CT molecular complexity index is 483. The Morgan fingerprint density at radius 3 is 2.80 bits per heavy atom. The minimum Gasteiger partial charge on any atom is -0.440 e. The maximum Gasteiger partial charge on any atom is 0.198 e. The van der Waals surface area contributed by atoms with Gasteiger partial charge in [0.25, 0.3) is 0 Å². The molecule has 1 aliphatic rings. The van der Waals surface area contributed by atoms with Crippen molar-refractivity contribution in [3.05, 3.63) is 24.1 Å². The van der Waals surface area contributed by atoms with Crippen molar-refractivity contribution in [2.45, 2.75) is 31.6 Å². The van der Waals surface area contributed by atoms with Crippen molar-refractivity contribution in [3.8, 4) is 0 Å². The van der Waals surface area contributed by atoms with E-state index in [1.165, 1.54) is 25.7 Å². The van der Waals surface area contributed by atoms with Gasteiger partial charge in [-0.15, -0.1) is 0 Å². The predicted octanol–water partition coefficient (Wildman–Crippen LogP) is 3.07. The molecule has 1 aliphatic carbocycles. The van der Waals surface area contributed by atoms with Crippen molar-refractivity contribution in [2.24, 2.45) is 0 Å². The highest BCUT2D eigenvalue weighted by Crippen LogP contribution is 2.35. The zero-order valence-electron chi connectivity index (χ0n) is 8.57. The van der Waals surface area contributed by atoms with Gasteiger partial charge in [-0.05, 0) is 25.0 Å². The normalized spacial score (nSPS) is 17.6. The summed E-state index contributed by atoms with van der Waals surface area (Å²) < 4.78 is 5.74.